The van der Waals surface area contributed by atoms with Gasteiger partial charge in [-0.3, -0.25) is 0 Å². The lowest BCUT2D eigenvalue weighted by atomic mass is 10.1. The van der Waals surface area contributed by atoms with Gasteiger partial charge in [-0.05, 0) is 19.1 Å². The van der Waals surface area contributed by atoms with E-state index < -0.39 is 6.10 Å². The molecule has 1 aromatic carbocycles. The molecule has 0 bridgehead atoms. The molecule has 0 saturated carbocycles. The molecule has 78 valence electrons. The summed E-state index contributed by atoms with van der Waals surface area (Å²) in [4.78, 5) is 0. The molecule has 1 unspecified atom stereocenters. The third-order valence-electron chi connectivity index (χ3n) is 1.81. The van der Waals surface area contributed by atoms with Gasteiger partial charge in [-0.1, -0.05) is 29.3 Å². The summed E-state index contributed by atoms with van der Waals surface area (Å²) in [6.45, 7) is 2.63. The van der Waals surface area contributed by atoms with Crippen molar-refractivity contribution in [3.8, 4) is 0 Å². The number of ether oxygens (including phenoxy) is 1. The number of halogens is 2. The van der Waals surface area contributed by atoms with Gasteiger partial charge in [-0.15, -0.1) is 0 Å². The molecule has 0 aromatic heterocycles. The highest BCUT2D eigenvalue weighted by Gasteiger charge is 2.14. The SMILES string of the molecule is CCOCC(O)c1c(Cl)cccc1Cl. The number of rotatable bonds is 4. The summed E-state index contributed by atoms with van der Waals surface area (Å²) in [5.41, 5.74) is 0.532. The topological polar surface area (TPSA) is 29.5 Å². The van der Waals surface area contributed by atoms with Gasteiger partial charge in [0.1, 0.15) is 6.10 Å². The van der Waals surface area contributed by atoms with E-state index >= 15 is 0 Å². The first-order chi connectivity index (χ1) is 6.66. The van der Waals surface area contributed by atoms with Crippen molar-refractivity contribution in [3.05, 3.63) is 33.8 Å². The Balaban J connectivity index is 2.82. The standard InChI is InChI=1S/C10H12Cl2O2/c1-2-14-6-9(13)10-7(11)4-3-5-8(10)12/h3-5,9,13H,2,6H2,1H3. The van der Waals surface area contributed by atoms with Crippen LogP contribution in [0.2, 0.25) is 10.0 Å². The third kappa shape index (κ3) is 2.85. The molecule has 2 nitrogen and oxygen atoms in total. The van der Waals surface area contributed by atoms with Crippen LogP contribution in [0.25, 0.3) is 0 Å². The summed E-state index contributed by atoms with van der Waals surface area (Å²) in [5, 5.41) is 10.6. The van der Waals surface area contributed by atoms with E-state index in [0.717, 1.165) is 0 Å². The molecule has 14 heavy (non-hydrogen) atoms. The molecule has 0 radical (unpaired) electrons. The van der Waals surface area contributed by atoms with E-state index in [1.807, 2.05) is 6.92 Å². The van der Waals surface area contributed by atoms with Gasteiger partial charge in [0.2, 0.25) is 0 Å². The number of aliphatic hydroxyl groups excluding tert-OH is 1. The Kier molecular flexibility index (Phi) is 4.69. The van der Waals surface area contributed by atoms with E-state index in [-0.39, 0.29) is 6.61 Å². The maximum absolute atomic E-state index is 9.72. The van der Waals surface area contributed by atoms with Gasteiger partial charge in [-0.25, -0.2) is 0 Å². The predicted octanol–water partition coefficient (Wildman–Crippen LogP) is 3.06. The predicted molar refractivity (Wildman–Crippen MR) is 57.9 cm³/mol. The normalized spacial score (nSPS) is 12.9. The third-order valence-corrected chi connectivity index (χ3v) is 2.47. The van der Waals surface area contributed by atoms with Crippen LogP contribution in [0.3, 0.4) is 0 Å². The van der Waals surface area contributed by atoms with Crippen molar-refractivity contribution in [2.75, 3.05) is 13.2 Å². The molecule has 0 amide bonds. The Bertz CT molecular complexity index is 282. The number of aliphatic hydroxyl groups is 1. The van der Waals surface area contributed by atoms with Gasteiger partial charge in [0.15, 0.2) is 0 Å². The molecule has 0 aliphatic rings. The fraction of sp³-hybridized carbons (Fsp3) is 0.400. The Hall–Kier alpha value is -0.280. The van der Waals surface area contributed by atoms with Crippen LogP contribution < -0.4 is 0 Å². The first kappa shape index (κ1) is 11.8. The minimum Gasteiger partial charge on any atom is -0.386 e. The average Bonchev–Trinajstić information content (AvgIpc) is 2.14. The van der Waals surface area contributed by atoms with Gasteiger partial charge < -0.3 is 9.84 Å². The second kappa shape index (κ2) is 5.56. The zero-order chi connectivity index (χ0) is 10.6. The summed E-state index contributed by atoms with van der Waals surface area (Å²) in [6.07, 6.45) is -0.767. The molecule has 0 aliphatic carbocycles. The summed E-state index contributed by atoms with van der Waals surface area (Å²) >= 11 is 11.8. The van der Waals surface area contributed by atoms with Crippen LogP contribution >= 0.6 is 23.2 Å². The van der Waals surface area contributed by atoms with Crippen LogP contribution in [0.1, 0.15) is 18.6 Å². The zero-order valence-electron chi connectivity index (χ0n) is 7.84. The molecular formula is C10H12Cl2O2. The maximum atomic E-state index is 9.72. The second-order valence-electron chi connectivity index (χ2n) is 2.81. The molecule has 1 atom stereocenters. The fourth-order valence-corrected chi connectivity index (χ4v) is 1.79. The van der Waals surface area contributed by atoms with Crippen LogP contribution in [0.15, 0.2) is 18.2 Å². The average molecular weight is 235 g/mol. The van der Waals surface area contributed by atoms with Crippen molar-refractivity contribution in [2.45, 2.75) is 13.0 Å². The number of hydrogen-bond acceptors (Lipinski definition) is 2. The number of benzene rings is 1. The van der Waals surface area contributed by atoms with Crippen LogP contribution in [0.4, 0.5) is 0 Å². The summed E-state index contributed by atoms with van der Waals surface area (Å²) in [5.74, 6) is 0. The molecule has 0 aliphatic heterocycles. The van der Waals surface area contributed by atoms with E-state index in [0.29, 0.717) is 22.2 Å². The van der Waals surface area contributed by atoms with Crippen LogP contribution in [0.5, 0.6) is 0 Å². The maximum Gasteiger partial charge on any atom is 0.105 e. The highest BCUT2D eigenvalue weighted by atomic mass is 35.5. The van der Waals surface area contributed by atoms with Crippen LogP contribution in [-0.4, -0.2) is 18.3 Å². The minimum atomic E-state index is -0.767. The zero-order valence-corrected chi connectivity index (χ0v) is 9.35. The van der Waals surface area contributed by atoms with Crippen molar-refractivity contribution in [2.24, 2.45) is 0 Å². The largest absolute Gasteiger partial charge is 0.386 e. The molecular weight excluding hydrogens is 223 g/mol. The molecule has 1 N–H and O–H groups in total. The Morgan fingerprint density at radius 3 is 2.43 bits per heavy atom. The van der Waals surface area contributed by atoms with Crippen LogP contribution in [-0.2, 0) is 4.74 Å². The Morgan fingerprint density at radius 1 is 1.36 bits per heavy atom. The number of hydrogen-bond donors (Lipinski definition) is 1. The molecule has 1 rings (SSSR count). The summed E-state index contributed by atoms with van der Waals surface area (Å²) < 4.78 is 5.09. The minimum absolute atomic E-state index is 0.208. The second-order valence-corrected chi connectivity index (χ2v) is 3.62. The van der Waals surface area contributed by atoms with Gasteiger partial charge in [0, 0.05) is 22.2 Å². The molecule has 0 heterocycles. The lowest BCUT2D eigenvalue weighted by molar-refractivity contribution is 0.0421. The lowest BCUT2D eigenvalue weighted by Crippen LogP contribution is -2.08. The van der Waals surface area contributed by atoms with E-state index in [1.54, 1.807) is 18.2 Å². The van der Waals surface area contributed by atoms with Crippen molar-refractivity contribution in [3.63, 3.8) is 0 Å². The lowest BCUT2D eigenvalue weighted by Gasteiger charge is -2.13. The van der Waals surface area contributed by atoms with E-state index in [9.17, 15) is 5.11 Å². The van der Waals surface area contributed by atoms with Gasteiger partial charge >= 0.3 is 0 Å². The molecule has 0 fully saturated rings. The van der Waals surface area contributed by atoms with Gasteiger partial charge in [0.25, 0.3) is 0 Å². The van der Waals surface area contributed by atoms with Gasteiger partial charge in [0.05, 0.1) is 6.61 Å². The highest BCUT2D eigenvalue weighted by Crippen LogP contribution is 2.30. The Labute approximate surface area is 93.4 Å². The first-order valence-corrected chi connectivity index (χ1v) is 5.12. The summed E-state index contributed by atoms with van der Waals surface area (Å²) in [6, 6.07) is 5.12. The molecule has 4 heteroatoms. The fourth-order valence-electron chi connectivity index (χ4n) is 1.14. The van der Waals surface area contributed by atoms with Crippen molar-refractivity contribution >= 4 is 23.2 Å². The quantitative estimate of drug-likeness (QED) is 0.868. The molecule has 0 spiro atoms. The van der Waals surface area contributed by atoms with Gasteiger partial charge in [-0.2, -0.15) is 0 Å². The first-order valence-electron chi connectivity index (χ1n) is 4.36. The van der Waals surface area contributed by atoms with E-state index in [1.165, 1.54) is 0 Å². The summed E-state index contributed by atoms with van der Waals surface area (Å²) in [7, 11) is 0. The van der Waals surface area contributed by atoms with Crippen molar-refractivity contribution in [1.82, 2.24) is 0 Å². The van der Waals surface area contributed by atoms with E-state index in [4.69, 9.17) is 27.9 Å². The smallest absolute Gasteiger partial charge is 0.105 e. The van der Waals surface area contributed by atoms with Crippen LogP contribution in [0, 0.1) is 0 Å². The van der Waals surface area contributed by atoms with Crippen molar-refractivity contribution < 1.29 is 9.84 Å². The van der Waals surface area contributed by atoms with E-state index in [2.05, 4.69) is 0 Å². The molecule has 0 saturated heterocycles. The monoisotopic (exact) mass is 234 g/mol. The highest BCUT2D eigenvalue weighted by molar-refractivity contribution is 6.36. The Morgan fingerprint density at radius 2 is 1.93 bits per heavy atom. The van der Waals surface area contributed by atoms with Crippen molar-refractivity contribution in [1.29, 1.82) is 0 Å². The molecule has 1 aromatic rings.